The van der Waals surface area contributed by atoms with Gasteiger partial charge in [0.25, 0.3) is 0 Å². The van der Waals surface area contributed by atoms with Crippen molar-refractivity contribution < 1.29 is 0 Å². The third-order valence-electron chi connectivity index (χ3n) is 1.28. The summed E-state index contributed by atoms with van der Waals surface area (Å²) in [4.78, 5) is 0.813. The summed E-state index contributed by atoms with van der Waals surface area (Å²) in [5, 5.41) is -0.859. The van der Waals surface area contributed by atoms with Gasteiger partial charge < -0.3 is 22.9 Å². The van der Waals surface area contributed by atoms with Gasteiger partial charge in [-0.25, -0.2) is 0 Å². The molecule has 0 rings (SSSR count). The summed E-state index contributed by atoms with van der Waals surface area (Å²) in [6.45, 7) is 0. The zero-order valence-corrected chi connectivity index (χ0v) is 12.8. The summed E-state index contributed by atoms with van der Waals surface area (Å²) in [5.74, 6) is 0. The van der Waals surface area contributed by atoms with Crippen LogP contribution in [0.3, 0.4) is 0 Å². The number of rotatable bonds is 7. The number of hydrogen-bond acceptors (Lipinski definition) is 6. The molecule has 16 heavy (non-hydrogen) atoms. The Morgan fingerprint density at radius 3 is 0.938 bits per heavy atom. The molecule has 0 saturated heterocycles. The van der Waals surface area contributed by atoms with Crippen LogP contribution < -0.4 is 22.9 Å². The minimum Gasteiger partial charge on any atom is -0.392 e. The Labute approximate surface area is 123 Å². The minimum absolute atomic E-state index is 0.203. The first kappa shape index (κ1) is 16.3. The average molecular weight is 331 g/mol. The van der Waals surface area contributed by atoms with Crippen LogP contribution in [-0.4, -0.2) is 30.5 Å². The third-order valence-corrected chi connectivity index (χ3v) is 5.82. The van der Waals surface area contributed by atoms with E-state index in [9.17, 15) is 0 Å². The molecule has 0 spiro atoms. The molecule has 10 heteroatoms. The molecule has 90 valence electrons. The van der Waals surface area contributed by atoms with E-state index in [-0.39, 0.29) is 20.0 Å². The maximum Gasteiger partial charge on any atom is 0.115 e. The maximum absolute atomic E-state index is 5.48. The molecule has 0 fully saturated rings. The normalized spacial score (nSPS) is 10.4. The standard InChI is InChI=1S/C6H10N4S6/c7-3(11)1(4(8)12)15-16-2(5(9)13)6(10)14/h1-2H,(H2,7,11)(H2,8,12)(H2,9,13)(H2,10,14). The van der Waals surface area contributed by atoms with E-state index >= 15 is 0 Å². The molecular formula is C6H10N4S6. The Morgan fingerprint density at radius 1 is 0.625 bits per heavy atom. The van der Waals surface area contributed by atoms with Crippen molar-refractivity contribution >= 4 is 90.4 Å². The zero-order chi connectivity index (χ0) is 12.9. The summed E-state index contributed by atoms with van der Waals surface area (Å²) in [5.41, 5.74) is 21.9. The molecule has 0 atom stereocenters. The predicted octanol–water partition coefficient (Wildman–Crippen LogP) is 0.249. The van der Waals surface area contributed by atoms with Crippen LogP contribution in [0.25, 0.3) is 0 Å². The smallest absolute Gasteiger partial charge is 0.115 e. The summed E-state index contributed by atoms with van der Waals surface area (Å²) in [7, 11) is 2.50. The van der Waals surface area contributed by atoms with Crippen molar-refractivity contribution in [3.05, 3.63) is 0 Å². The number of hydrogen-bond donors (Lipinski definition) is 4. The fraction of sp³-hybridized carbons (Fsp3) is 0.333. The molecular weight excluding hydrogens is 320 g/mol. The van der Waals surface area contributed by atoms with Crippen LogP contribution >= 0.6 is 70.5 Å². The van der Waals surface area contributed by atoms with E-state index < -0.39 is 10.5 Å². The van der Waals surface area contributed by atoms with Crippen LogP contribution in [0, 0.1) is 0 Å². The largest absolute Gasteiger partial charge is 0.392 e. The van der Waals surface area contributed by atoms with Gasteiger partial charge in [0.05, 0.1) is 20.0 Å². The lowest BCUT2D eigenvalue weighted by atomic mass is 10.4. The van der Waals surface area contributed by atoms with Crippen LogP contribution in [0.2, 0.25) is 0 Å². The van der Waals surface area contributed by atoms with Crippen molar-refractivity contribution in [3.8, 4) is 0 Å². The van der Waals surface area contributed by atoms with Crippen LogP contribution in [0.1, 0.15) is 0 Å². The zero-order valence-electron chi connectivity index (χ0n) is 7.91. The Kier molecular flexibility index (Phi) is 7.68. The van der Waals surface area contributed by atoms with Crippen molar-refractivity contribution in [2.24, 2.45) is 22.9 Å². The third kappa shape index (κ3) is 5.55. The van der Waals surface area contributed by atoms with Gasteiger partial charge >= 0.3 is 0 Å². The molecule has 0 bridgehead atoms. The molecule has 0 unspecified atom stereocenters. The molecule has 0 saturated carbocycles. The molecule has 8 N–H and O–H groups in total. The molecule has 0 amide bonds. The fourth-order valence-electron chi connectivity index (χ4n) is 0.581. The second-order valence-corrected chi connectivity index (χ2v) is 6.93. The molecule has 0 aromatic rings. The summed E-state index contributed by atoms with van der Waals surface area (Å²) in [6, 6.07) is 0. The van der Waals surface area contributed by atoms with E-state index in [0.29, 0.717) is 0 Å². The van der Waals surface area contributed by atoms with Gasteiger partial charge in [-0.3, -0.25) is 0 Å². The van der Waals surface area contributed by atoms with E-state index in [1.165, 1.54) is 21.6 Å². The summed E-state index contributed by atoms with van der Waals surface area (Å²) >= 11 is 19.3. The highest BCUT2D eigenvalue weighted by molar-refractivity contribution is 8.78. The van der Waals surface area contributed by atoms with Crippen molar-refractivity contribution in [3.63, 3.8) is 0 Å². The highest BCUT2D eigenvalue weighted by atomic mass is 33.1. The van der Waals surface area contributed by atoms with E-state index in [4.69, 9.17) is 71.8 Å². The number of thiocarbonyl (C=S) groups is 4. The van der Waals surface area contributed by atoms with E-state index in [1.54, 1.807) is 0 Å². The van der Waals surface area contributed by atoms with Crippen LogP contribution in [0.4, 0.5) is 0 Å². The fourth-order valence-corrected chi connectivity index (χ4v) is 5.06. The SMILES string of the molecule is NC(=S)C(SSC(C(N)=S)C(N)=S)C(N)=S. The Bertz CT molecular complexity index is 269. The van der Waals surface area contributed by atoms with Crippen LogP contribution in [-0.2, 0) is 0 Å². The van der Waals surface area contributed by atoms with Gasteiger partial charge in [0.15, 0.2) is 0 Å². The highest BCUT2D eigenvalue weighted by Crippen LogP contribution is 2.32. The molecule has 0 aromatic heterocycles. The average Bonchev–Trinajstić information content (AvgIpc) is 2.09. The number of nitrogens with two attached hydrogens (primary N) is 4. The monoisotopic (exact) mass is 330 g/mol. The Morgan fingerprint density at radius 2 is 0.812 bits per heavy atom. The maximum atomic E-state index is 5.48. The van der Waals surface area contributed by atoms with Crippen molar-refractivity contribution in [2.75, 3.05) is 0 Å². The lowest BCUT2D eigenvalue weighted by molar-refractivity contribution is 1.54. The first-order valence-corrected chi connectivity index (χ1v) is 7.67. The lowest BCUT2D eigenvalue weighted by Crippen LogP contribution is -2.37. The van der Waals surface area contributed by atoms with Gasteiger partial charge in [0.2, 0.25) is 0 Å². The Balaban J connectivity index is 4.50. The van der Waals surface area contributed by atoms with Gasteiger partial charge in [-0.1, -0.05) is 70.5 Å². The van der Waals surface area contributed by atoms with Gasteiger partial charge in [-0.2, -0.15) is 0 Å². The van der Waals surface area contributed by atoms with Gasteiger partial charge in [-0.15, -0.1) is 0 Å². The lowest BCUT2D eigenvalue weighted by Gasteiger charge is -2.17. The van der Waals surface area contributed by atoms with Crippen LogP contribution in [0.5, 0.6) is 0 Å². The molecule has 4 nitrogen and oxygen atoms in total. The van der Waals surface area contributed by atoms with E-state index in [1.807, 2.05) is 0 Å². The van der Waals surface area contributed by atoms with Crippen molar-refractivity contribution in [1.29, 1.82) is 0 Å². The topological polar surface area (TPSA) is 104 Å². The van der Waals surface area contributed by atoms with Gasteiger partial charge in [-0.05, 0) is 0 Å². The quantitative estimate of drug-likeness (QED) is 0.383. The molecule has 0 aromatic carbocycles. The summed E-state index contributed by atoms with van der Waals surface area (Å²) < 4.78 is 0. The second-order valence-electron chi connectivity index (χ2n) is 2.56. The van der Waals surface area contributed by atoms with Crippen LogP contribution in [0.15, 0.2) is 0 Å². The van der Waals surface area contributed by atoms with Crippen molar-refractivity contribution in [2.45, 2.75) is 10.5 Å². The Hall–Kier alpha value is 0.260. The van der Waals surface area contributed by atoms with Crippen molar-refractivity contribution in [1.82, 2.24) is 0 Å². The second kappa shape index (κ2) is 7.56. The minimum atomic E-state index is -0.429. The molecule has 0 aliphatic carbocycles. The summed E-state index contributed by atoms with van der Waals surface area (Å²) in [6.07, 6.45) is 0. The predicted molar refractivity (Wildman–Crippen MR) is 89.9 cm³/mol. The first-order valence-electron chi connectivity index (χ1n) is 3.76. The molecule has 0 radical (unpaired) electrons. The molecule has 0 heterocycles. The van der Waals surface area contributed by atoms with E-state index in [2.05, 4.69) is 0 Å². The molecule has 0 aliphatic heterocycles. The van der Waals surface area contributed by atoms with Gasteiger partial charge in [0.1, 0.15) is 10.5 Å². The molecule has 0 aliphatic rings. The first-order chi connectivity index (χ1) is 7.27. The highest BCUT2D eigenvalue weighted by Gasteiger charge is 2.22. The van der Waals surface area contributed by atoms with E-state index in [0.717, 1.165) is 0 Å². The van der Waals surface area contributed by atoms with Gasteiger partial charge in [0, 0.05) is 0 Å².